The molecule has 1 aromatic rings. The predicted octanol–water partition coefficient (Wildman–Crippen LogP) is 3.22. The number of rotatable bonds is 6. The van der Waals surface area contributed by atoms with E-state index in [1.54, 1.807) is 12.1 Å². The van der Waals surface area contributed by atoms with Gasteiger partial charge in [-0.25, -0.2) is 4.39 Å². The summed E-state index contributed by atoms with van der Waals surface area (Å²) in [5.41, 5.74) is 0.846. The molecule has 1 N–H and O–H groups in total. The molecule has 1 aliphatic carbocycles. The van der Waals surface area contributed by atoms with Gasteiger partial charge in [0.1, 0.15) is 5.82 Å². The van der Waals surface area contributed by atoms with Gasteiger partial charge in [-0.15, -0.1) is 0 Å². The smallest absolute Gasteiger partial charge is 0.126 e. The highest BCUT2D eigenvalue weighted by Gasteiger charge is 2.26. The molecule has 21 heavy (non-hydrogen) atoms. The van der Waals surface area contributed by atoms with Crippen molar-refractivity contribution < 1.29 is 4.39 Å². The van der Waals surface area contributed by atoms with Crippen molar-refractivity contribution >= 4 is 0 Å². The molecule has 1 heterocycles. The fourth-order valence-electron chi connectivity index (χ4n) is 3.31. The molecule has 0 radical (unpaired) electrons. The molecule has 1 aromatic carbocycles. The maximum Gasteiger partial charge on any atom is 0.126 e. The Hall–Kier alpha value is -0.930. The molecule has 2 nitrogen and oxygen atoms in total. The Labute approximate surface area is 127 Å². The van der Waals surface area contributed by atoms with Gasteiger partial charge in [-0.1, -0.05) is 18.2 Å². The molecule has 0 spiro atoms. The Morgan fingerprint density at radius 2 is 1.90 bits per heavy atom. The van der Waals surface area contributed by atoms with Crippen molar-refractivity contribution in [3.8, 4) is 0 Å². The molecule has 1 saturated heterocycles. The van der Waals surface area contributed by atoms with Crippen LogP contribution in [0.4, 0.5) is 4.39 Å². The van der Waals surface area contributed by atoms with Crippen LogP contribution in [0, 0.1) is 11.7 Å². The fraction of sp³-hybridized carbons (Fsp3) is 0.667. The Morgan fingerprint density at radius 1 is 1.19 bits per heavy atom. The lowest BCUT2D eigenvalue weighted by atomic mass is 10.00. The van der Waals surface area contributed by atoms with Crippen LogP contribution in [0.3, 0.4) is 0 Å². The van der Waals surface area contributed by atoms with Crippen LogP contribution in [0.1, 0.15) is 38.2 Å². The van der Waals surface area contributed by atoms with E-state index in [9.17, 15) is 4.39 Å². The number of hydrogen-bond acceptors (Lipinski definition) is 2. The second-order valence-electron chi connectivity index (χ2n) is 6.81. The first-order chi connectivity index (χ1) is 10.2. The van der Waals surface area contributed by atoms with E-state index in [2.05, 4.69) is 17.1 Å². The van der Waals surface area contributed by atoms with Crippen molar-refractivity contribution in [2.45, 2.75) is 51.1 Å². The first-order valence-electron chi connectivity index (χ1n) is 8.43. The molecule has 1 aliphatic heterocycles. The van der Waals surface area contributed by atoms with Crippen LogP contribution in [-0.4, -0.2) is 36.6 Å². The summed E-state index contributed by atoms with van der Waals surface area (Å²) in [6.07, 6.45) is 6.12. The van der Waals surface area contributed by atoms with Gasteiger partial charge in [-0.2, -0.15) is 0 Å². The number of piperidine rings is 1. The quantitative estimate of drug-likeness (QED) is 0.865. The number of likely N-dealkylation sites (tertiary alicyclic amines) is 1. The SMILES string of the molecule is CC(Cc1ccccc1F)N1CCC(NCC2CC2)CC1. The monoisotopic (exact) mass is 290 g/mol. The Kier molecular flexibility index (Phi) is 4.91. The third-order valence-corrected chi connectivity index (χ3v) is 5.02. The summed E-state index contributed by atoms with van der Waals surface area (Å²) >= 11 is 0. The largest absolute Gasteiger partial charge is 0.314 e. The van der Waals surface area contributed by atoms with Crippen LogP contribution in [0.2, 0.25) is 0 Å². The topological polar surface area (TPSA) is 15.3 Å². The molecule has 1 unspecified atom stereocenters. The second-order valence-corrected chi connectivity index (χ2v) is 6.81. The molecule has 1 saturated carbocycles. The van der Waals surface area contributed by atoms with Crippen molar-refractivity contribution in [3.63, 3.8) is 0 Å². The van der Waals surface area contributed by atoms with Gasteiger partial charge in [-0.3, -0.25) is 0 Å². The van der Waals surface area contributed by atoms with Gasteiger partial charge in [0, 0.05) is 12.1 Å². The van der Waals surface area contributed by atoms with E-state index in [0.29, 0.717) is 12.1 Å². The highest BCUT2D eigenvalue weighted by molar-refractivity contribution is 5.18. The van der Waals surface area contributed by atoms with Gasteiger partial charge in [0.05, 0.1) is 0 Å². The summed E-state index contributed by atoms with van der Waals surface area (Å²) in [6.45, 7) is 5.72. The van der Waals surface area contributed by atoms with E-state index in [-0.39, 0.29) is 5.82 Å². The minimum absolute atomic E-state index is 0.0645. The van der Waals surface area contributed by atoms with Crippen molar-refractivity contribution in [2.75, 3.05) is 19.6 Å². The maximum absolute atomic E-state index is 13.7. The lowest BCUT2D eigenvalue weighted by Crippen LogP contribution is -2.46. The van der Waals surface area contributed by atoms with Crippen LogP contribution in [0.5, 0.6) is 0 Å². The van der Waals surface area contributed by atoms with Gasteiger partial charge in [0.25, 0.3) is 0 Å². The van der Waals surface area contributed by atoms with Crippen LogP contribution < -0.4 is 5.32 Å². The third kappa shape index (κ3) is 4.27. The molecular formula is C18H27FN2. The number of benzene rings is 1. The Balaban J connectivity index is 1.43. The average molecular weight is 290 g/mol. The Morgan fingerprint density at radius 3 is 2.57 bits per heavy atom. The van der Waals surface area contributed by atoms with E-state index in [0.717, 1.165) is 31.0 Å². The molecule has 3 heteroatoms. The molecular weight excluding hydrogens is 263 g/mol. The standard InChI is InChI=1S/C18H27FN2/c1-14(12-16-4-2-3-5-18(16)19)21-10-8-17(9-11-21)20-13-15-6-7-15/h2-5,14-15,17,20H,6-13H2,1H3. The minimum atomic E-state index is -0.0645. The first kappa shape index (κ1) is 15.0. The molecule has 2 aliphatic rings. The van der Waals surface area contributed by atoms with Crippen molar-refractivity contribution in [2.24, 2.45) is 5.92 Å². The molecule has 116 valence electrons. The second kappa shape index (κ2) is 6.89. The summed E-state index contributed by atoms with van der Waals surface area (Å²) in [7, 11) is 0. The van der Waals surface area contributed by atoms with Crippen LogP contribution in [0.15, 0.2) is 24.3 Å². The maximum atomic E-state index is 13.7. The first-order valence-corrected chi connectivity index (χ1v) is 8.43. The number of nitrogens with zero attached hydrogens (tertiary/aromatic N) is 1. The van der Waals surface area contributed by atoms with E-state index >= 15 is 0 Å². The van der Waals surface area contributed by atoms with Crippen molar-refractivity contribution in [1.82, 2.24) is 10.2 Å². The van der Waals surface area contributed by atoms with Gasteiger partial charge in [0.15, 0.2) is 0 Å². The van der Waals surface area contributed by atoms with Crippen LogP contribution in [0.25, 0.3) is 0 Å². The third-order valence-electron chi connectivity index (χ3n) is 5.02. The van der Waals surface area contributed by atoms with Crippen LogP contribution >= 0.6 is 0 Å². The molecule has 0 amide bonds. The number of hydrogen-bond donors (Lipinski definition) is 1. The molecule has 0 aromatic heterocycles. The van der Waals surface area contributed by atoms with Crippen LogP contribution in [-0.2, 0) is 6.42 Å². The molecule has 3 rings (SSSR count). The zero-order chi connectivity index (χ0) is 14.7. The minimum Gasteiger partial charge on any atom is -0.314 e. The van der Waals surface area contributed by atoms with E-state index in [4.69, 9.17) is 0 Å². The van der Waals surface area contributed by atoms with Gasteiger partial charge >= 0.3 is 0 Å². The van der Waals surface area contributed by atoms with Crippen molar-refractivity contribution in [1.29, 1.82) is 0 Å². The lowest BCUT2D eigenvalue weighted by molar-refractivity contribution is 0.150. The summed E-state index contributed by atoms with van der Waals surface area (Å²) in [5, 5.41) is 3.72. The van der Waals surface area contributed by atoms with Crippen molar-refractivity contribution in [3.05, 3.63) is 35.6 Å². The summed E-state index contributed by atoms with van der Waals surface area (Å²) in [6, 6.07) is 8.29. The zero-order valence-electron chi connectivity index (χ0n) is 13.0. The van der Waals surface area contributed by atoms with Gasteiger partial charge in [-0.05, 0) is 76.2 Å². The molecule has 1 atom stereocenters. The van der Waals surface area contributed by atoms with Gasteiger partial charge < -0.3 is 10.2 Å². The summed E-state index contributed by atoms with van der Waals surface area (Å²) in [5.74, 6) is 0.897. The Bertz CT molecular complexity index is 450. The predicted molar refractivity (Wildman–Crippen MR) is 84.9 cm³/mol. The molecule has 2 fully saturated rings. The summed E-state index contributed by atoms with van der Waals surface area (Å²) in [4.78, 5) is 2.52. The van der Waals surface area contributed by atoms with E-state index < -0.39 is 0 Å². The average Bonchev–Trinajstić information content (AvgIpc) is 3.32. The van der Waals surface area contributed by atoms with Gasteiger partial charge in [0.2, 0.25) is 0 Å². The number of halogens is 1. The van der Waals surface area contributed by atoms with E-state index in [1.807, 2.05) is 12.1 Å². The number of nitrogens with one attached hydrogen (secondary N) is 1. The highest BCUT2D eigenvalue weighted by Crippen LogP contribution is 2.28. The molecule has 0 bridgehead atoms. The highest BCUT2D eigenvalue weighted by atomic mass is 19.1. The summed E-state index contributed by atoms with van der Waals surface area (Å²) < 4.78 is 13.7. The zero-order valence-corrected chi connectivity index (χ0v) is 13.0. The lowest BCUT2D eigenvalue weighted by Gasteiger charge is -2.36. The fourth-order valence-corrected chi connectivity index (χ4v) is 3.31. The normalized spacial score (nSPS) is 22.4. The van der Waals surface area contributed by atoms with E-state index in [1.165, 1.54) is 32.2 Å².